The molecule has 0 N–H and O–H groups in total. The van der Waals surface area contributed by atoms with Crippen molar-refractivity contribution in [2.75, 3.05) is 0 Å². The smallest absolute Gasteiger partial charge is 1.00 e. The van der Waals surface area contributed by atoms with Gasteiger partial charge in [-0.1, -0.05) is 0 Å². The molecule has 0 aliphatic heterocycles. The molecule has 0 aromatic rings. The molecule has 0 aromatic carbocycles. The summed E-state index contributed by atoms with van der Waals surface area (Å²) in [5.74, 6) is 0. The van der Waals surface area contributed by atoms with E-state index in [1.807, 2.05) is 0 Å². The molecule has 0 atom stereocenters. The van der Waals surface area contributed by atoms with Crippen molar-refractivity contribution in [1.29, 1.82) is 0 Å². The summed E-state index contributed by atoms with van der Waals surface area (Å²) in [7, 11) is 0. The van der Waals surface area contributed by atoms with Crippen LogP contribution in [0.4, 0.5) is 0 Å². The van der Waals surface area contributed by atoms with Crippen LogP contribution in [0.1, 0.15) is 0 Å². The molecule has 0 saturated heterocycles. The third kappa shape index (κ3) is 68.5. The zero-order valence-electron chi connectivity index (χ0n) is 3.20. The maximum Gasteiger partial charge on any atom is 3.00 e. The largest absolute Gasteiger partial charge is 3.00 e. The van der Waals surface area contributed by atoms with E-state index in [-0.39, 0.29) is 109 Å². The van der Waals surface area contributed by atoms with Gasteiger partial charge < -0.3 is 74.4 Å². The summed E-state index contributed by atoms with van der Waals surface area (Å²) in [5, 5.41) is 0. The van der Waals surface area contributed by atoms with Crippen molar-refractivity contribution < 1.29 is 91.5 Å². The Balaban J connectivity index is 0. The number of hydrogen-bond acceptors (Lipinski definition) is 0. The van der Waals surface area contributed by atoms with Crippen LogP contribution in [0.5, 0.6) is 0 Å². The fourth-order valence-corrected chi connectivity index (χ4v) is 0. The fraction of sp³-hybridized carbons (Fsp3) is 0. The molecule has 1 radical (unpaired) electrons. The monoisotopic (exact) mass is 293 g/mol. The van der Waals surface area contributed by atoms with Gasteiger partial charge in [-0.25, -0.2) is 0 Å². The first-order valence-corrected chi connectivity index (χ1v) is 0. The predicted octanol–water partition coefficient (Wildman–Crippen LogP) is -18.4. The first-order valence-electron chi connectivity index (χ1n) is 0. The van der Waals surface area contributed by atoms with E-state index in [1.54, 1.807) is 0 Å². The molecule has 0 aliphatic carbocycles. The predicted molar refractivity (Wildman–Crippen MR) is 5.75 cm³/mol. The summed E-state index contributed by atoms with van der Waals surface area (Å²) >= 11 is 0. The molecule has 0 fully saturated rings. The molecule has 0 saturated carbocycles. The Hall–Kier alpha value is 2.79. The van der Waals surface area contributed by atoms with Crippen LogP contribution in [0.25, 0.3) is 0 Å². The SMILES string of the molecule is [Al+3].[Cl-].[Cl-].[Cl-].[Cl-].[Cl-].[Cl-].[Fe+3]. The zero-order valence-corrected chi connectivity index (χ0v) is 9.99. The molecule has 53 valence electrons. The maximum absolute atomic E-state index is 0. The summed E-state index contributed by atoms with van der Waals surface area (Å²) in [6.07, 6.45) is 0. The minimum Gasteiger partial charge on any atom is -1.00 e. The van der Waals surface area contributed by atoms with Gasteiger partial charge in [0.05, 0.1) is 0 Å². The fourth-order valence-electron chi connectivity index (χ4n) is 0. The Kier molecular flexibility index (Phi) is 1610. The summed E-state index contributed by atoms with van der Waals surface area (Å²) < 4.78 is 0. The van der Waals surface area contributed by atoms with E-state index < -0.39 is 0 Å². The Bertz CT molecular complexity index is 8.49. The molecule has 0 aromatic heterocycles. The van der Waals surface area contributed by atoms with E-state index in [1.165, 1.54) is 0 Å². The number of hydrogen-bond donors (Lipinski definition) is 0. The quantitative estimate of drug-likeness (QED) is 0.390. The molecule has 8 heavy (non-hydrogen) atoms. The van der Waals surface area contributed by atoms with Gasteiger partial charge in [-0.3, -0.25) is 0 Å². The normalized spacial score (nSPS) is 0. The summed E-state index contributed by atoms with van der Waals surface area (Å²) in [5.41, 5.74) is 0. The second-order valence-electron chi connectivity index (χ2n) is 0. The maximum atomic E-state index is 0. The summed E-state index contributed by atoms with van der Waals surface area (Å²) in [6, 6.07) is 0. The van der Waals surface area contributed by atoms with E-state index >= 15 is 0 Å². The van der Waals surface area contributed by atoms with Gasteiger partial charge in [-0.15, -0.1) is 0 Å². The van der Waals surface area contributed by atoms with Crippen LogP contribution in [0.2, 0.25) is 0 Å². The minimum absolute atomic E-state index is 0. The van der Waals surface area contributed by atoms with Crippen LogP contribution in [-0.4, -0.2) is 17.4 Å². The van der Waals surface area contributed by atoms with Crippen LogP contribution < -0.4 is 74.4 Å². The van der Waals surface area contributed by atoms with Crippen molar-refractivity contribution in [3.63, 3.8) is 0 Å². The van der Waals surface area contributed by atoms with Crippen molar-refractivity contribution >= 4 is 17.4 Å². The average Bonchev–Trinajstić information content (AvgIpc) is 0. The van der Waals surface area contributed by atoms with E-state index in [4.69, 9.17) is 0 Å². The molecule has 8 heteroatoms. The van der Waals surface area contributed by atoms with E-state index in [0.29, 0.717) is 0 Å². The van der Waals surface area contributed by atoms with Gasteiger partial charge in [0.25, 0.3) is 0 Å². The summed E-state index contributed by atoms with van der Waals surface area (Å²) in [4.78, 5) is 0. The summed E-state index contributed by atoms with van der Waals surface area (Å²) in [6.45, 7) is 0. The average molecular weight is 296 g/mol. The molecule has 0 rings (SSSR count). The molecule has 0 aliphatic rings. The van der Waals surface area contributed by atoms with Crippen molar-refractivity contribution in [1.82, 2.24) is 0 Å². The molecule has 0 amide bonds. The van der Waals surface area contributed by atoms with Gasteiger partial charge in [0, 0.05) is 0 Å². The molecule has 0 nitrogen and oxygen atoms in total. The molecule has 0 unspecified atom stereocenters. The van der Waals surface area contributed by atoms with Crippen LogP contribution in [0.3, 0.4) is 0 Å². The van der Waals surface area contributed by atoms with Crippen LogP contribution in [0, 0.1) is 0 Å². The van der Waals surface area contributed by atoms with Gasteiger partial charge in [0.1, 0.15) is 0 Å². The Morgan fingerprint density at radius 1 is 0.375 bits per heavy atom. The first kappa shape index (κ1) is 133. The van der Waals surface area contributed by atoms with E-state index in [2.05, 4.69) is 0 Å². The number of halogens is 6. The van der Waals surface area contributed by atoms with E-state index in [0.717, 1.165) is 0 Å². The third-order valence-corrected chi connectivity index (χ3v) is 0. The Labute approximate surface area is 108 Å². The molecular formula is AlCl6Fe. The topological polar surface area (TPSA) is 0 Å². The van der Waals surface area contributed by atoms with Gasteiger partial charge in [0.2, 0.25) is 0 Å². The van der Waals surface area contributed by atoms with Crippen molar-refractivity contribution in [2.24, 2.45) is 0 Å². The standard InChI is InChI=1S/Al.6ClH.Fe/h;6*1H;/q+3;;;;;;;+3/p-6. The van der Waals surface area contributed by atoms with Gasteiger partial charge in [-0.2, -0.15) is 0 Å². The molecule has 0 bridgehead atoms. The molecular weight excluding hydrogens is 296 g/mol. The van der Waals surface area contributed by atoms with Crippen LogP contribution in [-0.2, 0) is 17.1 Å². The van der Waals surface area contributed by atoms with Crippen molar-refractivity contribution in [3.8, 4) is 0 Å². The Morgan fingerprint density at radius 3 is 0.375 bits per heavy atom. The van der Waals surface area contributed by atoms with Gasteiger partial charge in [-0.05, 0) is 0 Å². The van der Waals surface area contributed by atoms with Crippen LogP contribution >= 0.6 is 0 Å². The third-order valence-electron chi connectivity index (χ3n) is 0. The van der Waals surface area contributed by atoms with Crippen LogP contribution in [0.15, 0.2) is 0 Å². The van der Waals surface area contributed by atoms with Crippen molar-refractivity contribution in [2.45, 2.75) is 0 Å². The zero-order chi connectivity index (χ0) is 0. The second kappa shape index (κ2) is 97.1. The van der Waals surface area contributed by atoms with Gasteiger partial charge >= 0.3 is 34.4 Å². The Morgan fingerprint density at radius 2 is 0.375 bits per heavy atom. The van der Waals surface area contributed by atoms with Gasteiger partial charge in [0.15, 0.2) is 0 Å². The minimum atomic E-state index is 0. The number of rotatable bonds is 0. The van der Waals surface area contributed by atoms with Crippen molar-refractivity contribution in [3.05, 3.63) is 0 Å². The second-order valence-corrected chi connectivity index (χ2v) is 0. The molecule has 0 spiro atoms. The van der Waals surface area contributed by atoms with E-state index in [9.17, 15) is 0 Å². The molecule has 0 heterocycles. The first-order chi connectivity index (χ1) is 0.